The van der Waals surface area contributed by atoms with Crippen LogP contribution in [0.4, 0.5) is 4.39 Å². The van der Waals surface area contributed by atoms with Crippen LogP contribution >= 0.6 is 0 Å². The highest BCUT2D eigenvalue weighted by Gasteiger charge is 1.94. The predicted octanol–water partition coefficient (Wildman–Crippen LogP) is 1.64. The molecule has 0 N–H and O–H groups in total. The van der Waals surface area contributed by atoms with Crippen molar-refractivity contribution in [3.8, 4) is 0 Å². The molecule has 0 heterocycles. The standard InChI is InChI=1S/C7H5FO/c8-7-4-2-1-3-6(7)5-9/h1-5H/i9+2. The summed E-state index contributed by atoms with van der Waals surface area (Å²) < 4.78 is 12.4. The van der Waals surface area contributed by atoms with Crippen LogP contribution in [0.2, 0.25) is 0 Å². The second-order valence-electron chi connectivity index (χ2n) is 1.64. The van der Waals surface area contributed by atoms with E-state index in [0.29, 0.717) is 6.29 Å². The van der Waals surface area contributed by atoms with Gasteiger partial charge >= 0.3 is 0 Å². The van der Waals surface area contributed by atoms with Gasteiger partial charge in [-0.15, -0.1) is 0 Å². The first-order valence-corrected chi connectivity index (χ1v) is 2.54. The van der Waals surface area contributed by atoms with E-state index in [1.165, 1.54) is 12.1 Å². The van der Waals surface area contributed by atoms with E-state index in [-0.39, 0.29) is 5.56 Å². The van der Waals surface area contributed by atoms with Gasteiger partial charge in [-0.25, -0.2) is 4.39 Å². The van der Waals surface area contributed by atoms with Gasteiger partial charge in [0.25, 0.3) is 0 Å². The predicted molar refractivity (Wildman–Crippen MR) is 31.8 cm³/mol. The normalized spacial score (nSPS) is 9.00. The Morgan fingerprint density at radius 2 is 2.00 bits per heavy atom. The summed E-state index contributed by atoms with van der Waals surface area (Å²) in [5.41, 5.74) is 0.109. The summed E-state index contributed by atoms with van der Waals surface area (Å²) in [6.07, 6.45) is 0.495. The number of benzene rings is 1. The maximum Gasteiger partial charge on any atom is 0.152 e. The van der Waals surface area contributed by atoms with E-state index in [0.717, 1.165) is 0 Å². The smallest absolute Gasteiger partial charge is 0.152 e. The summed E-state index contributed by atoms with van der Waals surface area (Å²) in [5, 5.41) is 0. The molecule has 1 aromatic carbocycles. The van der Waals surface area contributed by atoms with Crippen LogP contribution in [0.15, 0.2) is 24.3 Å². The van der Waals surface area contributed by atoms with E-state index < -0.39 is 5.82 Å². The molecule has 2 heteroatoms. The van der Waals surface area contributed by atoms with E-state index in [1.807, 2.05) is 0 Å². The first-order chi connectivity index (χ1) is 4.34. The fourth-order valence-corrected chi connectivity index (χ4v) is 0.571. The first-order valence-electron chi connectivity index (χ1n) is 2.54. The van der Waals surface area contributed by atoms with Crippen LogP contribution in [-0.2, 0) is 0 Å². The van der Waals surface area contributed by atoms with E-state index in [2.05, 4.69) is 0 Å². The number of aldehydes is 1. The number of hydrogen-bond donors (Lipinski definition) is 0. The third-order valence-corrected chi connectivity index (χ3v) is 1.03. The highest BCUT2D eigenvalue weighted by Crippen LogP contribution is 2.01. The van der Waals surface area contributed by atoms with Crippen LogP contribution < -0.4 is 0 Å². The fourth-order valence-electron chi connectivity index (χ4n) is 0.571. The van der Waals surface area contributed by atoms with Crippen molar-refractivity contribution >= 4 is 6.29 Å². The summed E-state index contributed by atoms with van der Waals surface area (Å²) >= 11 is 0. The molecule has 0 saturated heterocycles. The van der Waals surface area contributed by atoms with Gasteiger partial charge in [0, 0.05) is 0 Å². The molecule has 0 aromatic heterocycles. The minimum Gasteiger partial charge on any atom is -0.298 e. The third-order valence-electron chi connectivity index (χ3n) is 1.03. The van der Waals surface area contributed by atoms with Crippen LogP contribution in [0, 0.1) is 5.82 Å². The molecule has 1 nitrogen and oxygen atoms in total. The highest BCUT2D eigenvalue weighted by atomic mass is 19.1. The molecule has 0 spiro atoms. The number of rotatable bonds is 1. The largest absolute Gasteiger partial charge is 0.298 e. The van der Waals surface area contributed by atoms with E-state index in [9.17, 15) is 9.18 Å². The van der Waals surface area contributed by atoms with Crippen molar-refractivity contribution < 1.29 is 9.18 Å². The summed E-state index contributed by atoms with van der Waals surface area (Å²) in [5.74, 6) is -0.465. The summed E-state index contributed by atoms with van der Waals surface area (Å²) in [6.45, 7) is 0. The highest BCUT2D eigenvalue weighted by molar-refractivity contribution is 5.74. The van der Waals surface area contributed by atoms with Crippen LogP contribution in [0.1, 0.15) is 10.4 Å². The van der Waals surface area contributed by atoms with Gasteiger partial charge in [0.1, 0.15) is 5.82 Å². The molecule has 0 saturated carbocycles. The van der Waals surface area contributed by atoms with Gasteiger partial charge in [-0.1, -0.05) is 12.1 Å². The zero-order valence-electron chi connectivity index (χ0n) is 4.67. The lowest BCUT2D eigenvalue weighted by Crippen LogP contribution is -1.83. The van der Waals surface area contributed by atoms with Gasteiger partial charge < -0.3 is 0 Å². The average Bonchev–Trinajstić information content (AvgIpc) is 1.89. The Kier molecular flexibility index (Phi) is 1.58. The van der Waals surface area contributed by atoms with Gasteiger partial charge in [-0.3, -0.25) is 4.79 Å². The van der Waals surface area contributed by atoms with Crippen molar-refractivity contribution in [2.24, 2.45) is 0 Å². The number of carbonyl (C=O) groups excluding carboxylic acids is 1. The zero-order valence-corrected chi connectivity index (χ0v) is 4.67. The lowest BCUT2D eigenvalue weighted by molar-refractivity contribution is 0.112. The fraction of sp³-hybridized carbons (Fsp3) is 0. The molecule has 0 unspecified atom stereocenters. The van der Waals surface area contributed by atoms with Gasteiger partial charge in [0.2, 0.25) is 0 Å². The second kappa shape index (κ2) is 2.40. The van der Waals surface area contributed by atoms with Crippen molar-refractivity contribution in [3.63, 3.8) is 0 Å². The molecular weight excluding hydrogens is 121 g/mol. The average molecular weight is 126 g/mol. The Morgan fingerprint density at radius 3 is 2.44 bits per heavy atom. The molecule has 46 valence electrons. The first kappa shape index (κ1) is 5.95. The van der Waals surface area contributed by atoms with E-state index >= 15 is 0 Å². The number of carbonyl (C=O) groups is 1. The Hall–Kier alpha value is -1.18. The van der Waals surface area contributed by atoms with Crippen LogP contribution in [-0.4, -0.2) is 6.29 Å². The minimum absolute atomic E-state index is 0.109. The molecule has 1 rings (SSSR count). The van der Waals surface area contributed by atoms with Crippen LogP contribution in [0.25, 0.3) is 0 Å². The van der Waals surface area contributed by atoms with Crippen molar-refractivity contribution in [1.29, 1.82) is 0 Å². The van der Waals surface area contributed by atoms with Gasteiger partial charge in [0.15, 0.2) is 6.29 Å². The molecule has 0 radical (unpaired) electrons. The lowest BCUT2D eigenvalue weighted by atomic mass is 10.2. The Morgan fingerprint density at radius 1 is 1.33 bits per heavy atom. The molecule has 0 fully saturated rings. The molecule has 0 amide bonds. The summed E-state index contributed by atoms with van der Waals surface area (Å²) in [6, 6.07) is 5.85. The maximum absolute atomic E-state index is 12.4. The Balaban J connectivity index is 3.15. The molecule has 0 aliphatic rings. The summed E-state index contributed by atoms with van der Waals surface area (Å²) in [7, 11) is 0. The molecule has 9 heavy (non-hydrogen) atoms. The molecule has 0 bridgehead atoms. The summed E-state index contributed by atoms with van der Waals surface area (Å²) in [4.78, 5) is 9.99. The van der Waals surface area contributed by atoms with Crippen LogP contribution in [0.3, 0.4) is 0 Å². The lowest BCUT2D eigenvalue weighted by Gasteiger charge is -1.88. The molecule has 0 aliphatic heterocycles. The molecule has 0 atom stereocenters. The van der Waals surface area contributed by atoms with Gasteiger partial charge in [-0.05, 0) is 12.1 Å². The maximum atomic E-state index is 12.4. The molecule has 0 aliphatic carbocycles. The van der Waals surface area contributed by atoms with Gasteiger partial charge in [0.05, 0.1) is 5.56 Å². The zero-order chi connectivity index (χ0) is 6.69. The topological polar surface area (TPSA) is 17.1 Å². The number of halogens is 1. The minimum atomic E-state index is -0.465. The van der Waals surface area contributed by atoms with Gasteiger partial charge in [-0.2, -0.15) is 0 Å². The second-order valence-corrected chi connectivity index (χ2v) is 1.64. The van der Waals surface area contributed by atoms with Crippen molar-refractivity contribution in [3.05, 3.63) is 35.6 Å². The third kappa shape index (κ3) is 1.13. The quantitative estimate of drug-likeness (QED) is 0.413. The monoisotopic (exact) mass is 126 g/mol. The number of hydrogen-bond acceptors (Lipinski definition) is 1. The van der Waals surface area contributed by atoms with E-state index in [1.54, 1.807) is 12.1 Å². The van der Waals surface area contributed by atoms with E-state index in [4.69, 9.17) is 0 Å². The SMILES string of the molecule is [18O]=Cc1ccccc1F. The van der Waals surface area contributed by atoms with Crippen molar-refractivity contribution in [2.45, 2.75) is 0 Å². The Bertz CT molecular complexity index is 220. The molecule has 1 aromatic rings. The molecular formula is C7H5FO. The van der Waals surface area contributed by atoms with Crippen LogP contribution in [0.5, 0.6) is 0 Å². The van der Waals surface area contributed by atoms with Crippen molar-refractivity contribution in [2.75, 3.05) is 0 Å². The Labute approximate surface area is 52.1 Å². The van der Waals surface area contributed by atoms with Crippen molar-refractivity contribution in [1.82, 2.24) is 0 Å².